The molecule has 1 fully saturated rings. The second kappa shape index (κ2) is 8.19. The summed E-state index contributed by atoms with van der Waals surface area (Å²) in [6, 6.07) is -0.850. The molecule has 5 nitrogen and oxygen atoms in total. The number of hydrogen-bond donors (Lipinski definition) is 2. The Hall–Kier alpha value is -0.970. The van der Waals surface area contributed by atoms with Crippen molar-refractivity contribution in [1.29, 1.82) is 5.53 Å². The summed E-state index contributed by atoms with van der Waals surface area (Å²) in [7, 11) is 0. The van der Waals surface area contributed by atoms with Gasteiger partial charge in [-0.1, -0.05) is 19.3 Å². The molecule has 0 aromatic rings. The number of carbonyl (C=O) groups is 1. The van der Waals surface area contributed by atoms with Gasteiger partial charge in [0.15, 0.2) is 0 Å². The molecule has 1 rings (SSSR count). The van der Waals surface area contributed by atoms with Gasteiger partial charge in [-0.15, -0.1) is 0 Å². The highest BCUT2D eigenvalue weighted by molar-refractivity contribution is 5.76. The van der Waals surface area contributed by atoms with E-state index >= 15 is 0 Å². The fraction of sp³-hybridized carbons (Fsp3) is 0.923. The van der Waals surface area contributed by atoms with E-state index in [4.69, 9.17) is 10.3 Å². The summed E-state index contributed by atoms with van der Waals surface area (Å²) < 4.78 is 5.02. The smallest absolute Gasteiger partial charge is 0.325 e. The number of nitrogens with one attached hydrogen (secondary N) is 2. The predicted octanol–water partition coefficient (Wildman–Crippen LogP) is 2.51. The van der Waals surface area contributed by atoms with Gasteiger partial charge >= 0.3 is 5.97 Å². The summed E-state index contributed by atoms with van der Waals surface area (Å²) in [5, 5.41) is 6.68. The first-order chi connectivity index (χ1) is 8.69. The Morgan fingerprint density at radius 3 is 2.67 bits per heavy atom. The van der Waals surface area contributed by atoms with Crippen molar-refractivity contribution in [1.82, 2.24) is 5.32 Å². The molecule has 5 heteroatoms. The number of carbonyl (C=O) groups excluding carboxylic acids is 1. The van der Waals surface area contributed by atoms with E-state index in [1.807, 2.05) is 0 Å². The maximum Gasteiger partial charge on any atom is 0.325 e. The van der Waals surface area contributed by atoms with Crippen LogP contribution < -0.4 is 5.32 Å². The molecule has 0 saturated heterocycles. The molecule has 1 aliphatic carbocycles. The second-order valence-corrected chi connectivity index (χ2v) is 5.01. The lowest BCUT2D eigenvalue weighted by Crippen LogP contribution is -2.47. The van der Waals surface area contributed by atoms with Gasteiger partial charge in [0.1, 0.15) is 6.04 Å². The molecular formula is C13H25N3O2. The Balaban J connectivity index is 2.44. The summed E-state index contributed by atoms with van der Waals surface area (Å²) >= 11 is 0. The summed E-state index contributed by atoms with van der Waals surface area (Å²) in [4.78, 5) is 11.8. The molecule has 1 aliphatic rings. The van der Waals surface area contributed by atoms with Crippen LogP contribution in [0.1, 0.15) is 46.0 Å². The van der Waals surface area contributed by atoms with Crippen molar-refractivity contribution >= 4 is 5.97 Å². The fourth-order valence-corrected chi connectivity index (χ4v) is 2.44. The van der Waals surface area contributed by atoms with Crippen LogP contribution in [-0.2, 0) is 9.53 Å². The van der Waals surface area contributed by atoms with Crippen LogP contribution in [0.25, 0.3) is 0 Å². The molecular weight excluding hydrogens is 230 g/mol. The van der Waals surface area contributed by atoms with E-state index in [0.29, 0.717) is 12.5 Å². The Labute approximate surface area is 109 Å². The van der Waals surface area contributed by atoms with Crippen molar-refractivity contribution in [3.8, 4) is 0 Å². The van der Waals surface area contributed by atoms with Crippen molar-refractivity contribution in [2.75, 3.05) is 13.2 Å². The van der Waals surface area contributed by atoms with Gasteiger partial charge in [0.25, 0.3) is 0 Å². The first-order valence-corrected chi connectivity index (χ1v) is 6.95. The zero-order chi connectivity index (χ0) is 13.4. The van der Waals surface area contributed by atoms with Crippen LogP contribution in [-0.4, -0.2) is 31.2 Å². The van der Waals surface area contributed by atoms with Gasteiger partial charge in [-0.05, 0) is 39.2 Å². The van der Waals surface area contributed by atoms with Crippen LogP contribution >= 0.6 is 0 Å². The quantitative estimate of drug-likeness (QED) is 0.542. The molecule has 18 heavy (non-hydrogen) atoms. The number of nitrogens with zero attached hydrogens (tertiary/aromatic N) is 1. The predicted molar refractivity (Wildman–Crippen MR) is 69.6 cm³/mol. The van der Waals surface area contributed by atoms with Crippen LogP contribution in [0.4, 0.5) is 0 Å². The molecule has 0 aromatic carbocycles. The minimum Gasteiger partial charge on any atom is -0.465 e. The van der Waals surface area contributed by atoms with Gasteiger partial charge in [0.2, 0.25) is 0 Å². The largest absolute Gasteiger partial charge is 0.465 e. The Kier molecular flexibility index (Phi) is 6.86. The highest BCUT2D eigenvalue weighted by atomic mass is 16.5. The highest BCUT2D eigenvalue weighted by Gasteiger charge is 2.27. The zero-order valence-corrected chi connectivity index (χ0v) is 11.4. The van der Waals surface area contributed by atoms with E-state index in [0.717, 1.165) is 6.54 Å². The Morgan fingerprint density at radius 1 is 1.44 bits per heavy atom. The van der Waals surface area contributed by atoms with E-state index < -0.39 is 6.04 Å². The van der Waals surface area contributed by atoms with Crippen molar-refractivity contribution in [2.45, 2.75) is 58.0 Å². The number of esters is 1. The summed E-state index contributed by atoms with van der Waals surface area (Å²) in [6.07, 6.45) is 6.36. The number of ether oxygens (including phenoxy) is 1. The van der Waals surface area contributed by atoms with Crippen molar-refractivity contribution in [2.24, 2.45) is 11.0 Å². The molecule has 2 atom stereocenters. The van der Waals surface area contributed by atoms with Gasteiger partial charge in [0.05, 0.1) is 12.6 Å². The molecule has 0 aliphatic heterocycles. The number of hydrogen-bond acceptors (Lipinski definition) is 5. The monoisotopic (exact) mass is 255 g/mol. The minimum absolute atomic E-state index is 0.295. The molecule has 0 radical (unpaired) electrons. The molecule has 0 heterocycles. The molecule has 2 unspecified atom stereocenters. The second-order valence-electron chi connectivity index (χ2n) is 5.01. The third-order valence-electron chi connectivity index (χ3n) is 3.58. The highest BCUT2D eigenvalue weighted by Crippen LogP contribution is 2.23. The topological polar surface area (TPSA) is 74.5 Å². The molecule has 0 amide bonds. The molecule has 1 saturated carbocycles. The van der Waals surface area contributed by atoms with Gasteiger partial charge in [-0.3, -0.25) is 4.79 Å². The average molecular weight is 255 g/mol. The molecule has 104 valence electrons. The Bertz CT molecular complexity index is 265. The lowest BCUT2D eigenvalue weighted by atomic mass is 9.89. The molecule has 0 bridgehead atoms. The summed E-state index contributed by atoms with van der Waals surface area (Å²) in [5.41, 5.74) is 7.06. The summed E-state index contributed by atoms with van der Waals surface area (Å²) in [6.45, 7) is 4.75. The van der Waals surface area contributed by atoms with Crippen molar-refractivity contribution in [3.63, 3.8) is 0 Å². The number of rotatable bonds is 7. The SMILES string of the molecule is CCOC(=O)C(NCC1CCCCC1)C(C)N=N. The van der Waals surface area contributed by atoms with Crippen molar-refractivity contribution in [3.05, 3.63) is 0 Å². The zero-order valence-electron chi connectivity index (χ0n) is 11.4. The fourth-order valence-electron chi connectivity index (χ4n) is 2.44. The molecule has 0 aromatic heterocycles. The van der Waals surface area contributed by atoms with Gasteiger partial charge < -0.3 is 10.1 Å². The molecule has 0 spiro atoms. The standard InChI is InChI=1S/C13H25N3O2/c1-3-18-13(17)12(10(2)16-14)15-9-11-7-5-4-6-8-11/h10-12,14-15H,3-9H2,1-2H3. The maximum absolute atomic E-state index is 11.8. The van der Waals surface area contributed by atoms with Gasteiger partial charge in [0, 0.05) is 0 Å². The minimum atomic E-state index is -0.482. The average Bonchev–Trinajstić information content (AvgIpc) is 2.40. The van der Waals surface area contributed by atoms with Crippen LogP contribution in [0.3, 0.4) is 0 Å². The van der Waals surface area contributed by atoms with Gasteiger partial charge in [-0.25, -0.2) is 5.53 Å². The molecule has 2 N–H and O–H groups in total. The normalized spacial score (nSPS) is 20.1. The van der Waals surface area contributed by atoms with Crippen LogP contribution in [0.2, 0.25) is 0 Å². The lowest BCUT2D eigenvalue weighted by molar-refractivity contribution is -0.146. The maximum atomic E-state index is 11.8. The van der Waals surface area contributed by atoms with Crippen LogP contribution in [0, 0.1) is 11.4 Å². The third kappa shape index (κ3) is 4.72. The Morgan fingerprint density at radius 2 is 2.11 bits per heavy atom. The van der Waals surface area contributed by atoms with E-state index in [1.54, 1.807) is 13.8 Å². The van der Waals surface area contributed by atoms with E-state index in [1.165, 1.54) is 32.1 Å². The third-order valence-corrected chi connectivity index (χ3v) is 3.58. The first-order valence-electron chi connectivity index (χ1n) is 6.95. The van der Waals surface area contributed by atoms with E-state index in [-0.39, 0.29) is 12.0 Å². The van der Waals surface area contributed by atoms with Crippen molar-refractivity contribution < 1.29 is 9.53 Å². The van der Waals surface area contributed by atoms with Crippen LogP contribution in [0.5, 0.6) is 0 Å². The van der Waals surface area contributed by atoms with E-state index in [9.17, 15) is 4.79 Å². The lowest BCUT2D eigenvalue weighted by Gasteiger charge is -2.25. The van der Waals surface area contributed by atoms with Gasteiger partial charge in [-0.2, -0.15) is 5.11 Å². The summed E-state index contributed by atoms with van der Waals surface area (Å²) in [5.74, 6) is 0.352. The van der Waals surface area contributed by atoms with Crippen LogP contribution in [0.15, 0.2) is 5.11 Å². The van der Waals surface area contributed by atoms with E-state index in [2.05, 4.69) is 10.4 Å². The first kappa shape index (κ1) is 15.1.